The molecule has 1 N–H and O–H groups in total. The van der Waals surface area contributed by atoms with Crippen LogP contribution in [0.15, 0.2) is 65.6 Å². The molecule has 0 saturated carbocycles. The minimum Gasteiger partial charge on any atom is -0.347 e. The molecular formula is C19H25N3O3S. The Kier molecular flexibility index (Phi) is 6.90. The monoisotopic (exact) mass is 375 g/mol. The van der Waals surface area contributed by atoms with Gasteiger partial charge in [-0.3, -0.25) is 4.79 Å². The third kappa shape index (κ3) is 5.39. The Labute approximate surface area is 155 Å². The molecule has 1 atom stereocenters. The van der Waals surface area contributed by atoms with Crippen molar-refractivity contribution in [2.24, 2.45) is 0 Å². The topological polar surface area (TPSA) is 69.7 Å². The summed E-state index contributed by atoms with van der Waals surface area (Å²) < 4.78 is 26.1. The Balaban J connectivity index is 2.08. The van der Waals surface area contributed by atoms with Gasteiger partial charge in [0.25, 0.3) is 0 Å². The van der Waals surface area contributed by atoms with Crippen LogP contribution in [0.5, 0.6) is 0 Å². The van der Waals surface area contributed by atoms with Crippen LogP contribution in [0.4, 0.5) is 0 Å². The van der Waals surface area contributed by atoms with E-state index in [9.17, 15) is 13.2 Å². The third-order valence-corrected chi connectivity index (χ3v) is 5.72. The number of nitrogens with zero attached hydrogens (tertiary/aromatic N) is 2. The molecule has 0 heterocycles. The van der Waals surface area contributed by atoms with E-state index in [1.807, 2.05) is 49.3 Å². The summed E-state index contributed by atoms with van der Waals surface area (Å²) in [6, 6.07) is 17.5. The summed E-state index contributed by atoms with van der Waals surface area (Å²) in [5.41, 5.74) is 0.975. The number of likely N-dealkylation sites (N-methyl/N-ethyl adjacent to an activating group) is 2. The van der Waals surface area contributed by atoms with Crippen LogP contribution in [0.2, 0.25) is 0 Å². The molecule has 0 bridgehead atoms. The molecule has 0 aliphatic heterocycles. The zero-order chi connectivity index (χ0) is 19.2. The molecule has 140 valence electrons. The van der Waals surface area contributed by atoms with Crippen molar-refractivity contribution in [3.63, 3.8) is 0 Å². The fourth-order valence-electron chi connectivity index (χ4n) is 2.58. The van der Waals surface area contributed by atoms with Gasteiger partial charge < -0.3 is 10.2 Å². The van der Waals surface area contributed by atoms with E-state index in [1.54, 1.807) is 18.2 Å². The smallest absolute Gasteiger partial charge is 0.243 e. The number of carbonyl (C=O) groups excluding carboxylic acids is 1. The predicted molar refractivity (Wildman–Crippen MR) is 102 cm³/mol. The molecule has 0 aliphatic rings. The van der Waals surface area contributed by atoms with Crippen LogP contribution in [-0.4, -0.2) is 57.8 Å². The average molecular weight is 375 g/mol. The van der Waals surface area contributed by atoms with Crippen LogP contribution < -0.4 is 5.32 Å². The van der Waals surface area contributed by atoms with Gasteiger partial charge in [0.1, 0.15) is 0 Å². The number of sulfonamides is 1. The lowest BCUT2D eigenvalue weighted by Crippen LogP contribution is -2.42. The fraction of sp³-hybridized carbons (Fsp3) is 0.316. The Morgan fingerprint density at radius 3 is 2.04 bits per heavy atom. The number of hydrogen-bond acceptors (Lipinski definition) is 4. The van der Waals surface area contributed by atoms with Gasteiger partial charge >= 0.3 is 0 Å². The van der Waals surface area contributed by atoms with Gasteiger partial charge in [-0.1, -0.05) is 48.5 Å². The lowest BCUT2D eigenvalue weighted by atomic mass is 10.1. The van der Waals surface area contributed by atoms with Crippen LogP contribution in [0, 0.1) is 0 Å². The maximum absolute atomic E-state index is 12.5. The lowest BCUT2D eigenvalue weighted by molar-refractivity contribution is -0.122. The van der Waals surface area contributed by atoms with Crippen molar-refractivity contribution in [2.45, 2.75) is 10.9 Å². The molecule has 1 unspecified atom stereocenters. The second-order valence-electron chi connectivity index (χ2n) is 6.37. The van der Waals surface area contributed by atoms with Gasteiger partial charge in [0.15, 0.2) is 0 Å². The molecule has 0 radical (unpaired) electrons. The first-order valence-electron chi connectivity index (χ1n) is 8.31. The predicted octanol–water partition coefficient (Wildman–Crippen LogP) is 1.73. The number of nitrogens with one attached hydrogen (secondary N) is 1. The molecule has 6 nitrogen and oxygen atoms in total. The fourth-order valence-corrected chi connectivity index (χ4v) is 3.73. The second kappa shape index (κ2) is 8.93. The minimum atomic E-state index is -3.70. The first-order valence-corrected chi connectivity index (χ1v) is 9.75. The highest BCUT2D eigenvalue weighted by atomic mass is 32.2. The van der Waals surface area contributed by atoms with Crippen molar-refractivity contribution >= 4 is 15.9 Å². The SMILES string of the molecule is CN(C)CC(NC(=O)CN(C)S(=O)(=O)c1ccccc1)c1ccccc1. The largest absolute Gasteiger partial charge is 0.347 e. The average Bonchev–Trinajstić information content (AvgIpc) is 2.62. The van der Waals surface area contributed by atoms with Crippen LogP contribution in [-0.2, 0) is 14.8 Å². The second-order valence-corrected chi connectivity index (χ2v) is 8.41. The molecule has 2 aromatic carbocycles. The molecule has 0 aromatic heterocycles. The summed E-state index contributed by atoms with van der Waals surface area (Å²) in [5.74, 6) is -0.345. The Morgan fingerprint density at radius 1 is 0.962 bits per heavy atom. The zero-order valence-corrected chi connectivity index (χ0v) is 16.1. The summed E-state index contributed by atoms with van der Waals surface area (Å²) in [4.78, 5) is 14.6. The highest BCUT2D eigenvalue weighted by Gasteiger charge is 2.24. The van der Waals surface area contributed by atoms with Gasteiger partial charge in [-0.25, -0.2) is 8.42 Å². The molecule has 26 heavy (non-hydrogen) atoms. The number of benzene rings is 2. The van der Waals surface area contributed by atoms with Crippen molar-refractivity contribution in [3.8, 4) is 0 Å². The molecule has 2 rings (SSSR count). The zero-order valence-electron chi connectivity index (χ0n) is 15.3. The van der Waals surface area contributed by atoms with E-state index in [-0.39, 0.29) is 23.4 Å². The van der Waals surface area contributed by atoms with Gasteiger partial charge in [-0.15, -0.1) is 0 Å². The van der Waals surface area contributed by atoms with Gasteiger partial charge in [0.05, 0.1) is 17.5 Å². The molecule has 7 heteroatoms. The van der Waals surface area contributed by atoms with Gasteiger partial charge in [-0.2, -0.15) is 4.31 Å². The first-order chi connectivity index (χ1) is 12.3. The first kappa shape index (κ1) is 20.1. The Bertz CT molecular complexity index is 808. The van der Waals surface area contributed by atoms with Gasteiger partial charge in [-0.05, 0) is 31.8 Å². The third-order valence-electron chi connectivity index (χ3n) is 3.90. The van der Waals surface area contributed by atoms with E-state index in [2.05, 4.69) is 5.32 Å². The summed E-state index contributed by atoms with van der Waals surface area (Å²) >= 11 is 0. The maximum Gasteiger partial charge on any atom is 0.243 e. The number of carbonyl (C=O) groups is 1. The molecule has 0 spiro atoms. The summed E-state index contributed by atoms with van der Waals surface area (Å²) in [7, 11) is 1.56. The van der Waals surface area contributed by atoms with Crippen molar-refractivity contribution in [3.05, 3.63) is 66.2 Å². The van der Waals surface area contributed by atoms with Gasteiger partial charge in [0.2, 0.25) is 15.9 Å². The van der Waals surface area contributed by atoms with Crippen LogP contribution in [0.25, 0.3) is 0 Å². The van der Waals surface area contributed by atoms with E-state index in [4.69, 9.17) is 0 Å². The van der Waals surface area contributed by atoms with E-state index in [0.717, 1.165) is 9.87 Å². The molecule has 0 aliphatic carbocycles. The Hall–Kier alpha value is -2.22. The highest BCUT2D eigenvalue weighted by Crippen LogP contribution is 2.15. The van der Waals surface area contributed by atoms with Crippen molar-refractivity contribution in [1.29, 1.82) is 0 Å². The van der Waals surface area contributed by atoms with Crippen molar-refractivity contribution in [1.82, 2.24) is 14.5 Å². The number of rotatable bonds is 8. The van der Waals surface area contributed by atoms with E-state index in [0.29, 0.717) is 6.54 Å². The minimum absolute atomic E-state index is 0.170. The van der Waals surface area contributed by atoms with Crippen LogP contribution >= 0.6 is 0 Å². The Morgan fingerprint density at radius 2 is 1.50 bits per heavy atom. The quantitative estimate of drug-likeness (QED) is 0.763. The van der Waals surface area contributed by atoms with Gasteiger partial charge in [0, 0.05) is 13.6 Å². The normalized spacial score (nSPS) is 13.0. The lowest BCUT2D eigenvalue weighted by Gasteiger charge is -2.24. The van der Waals surface area contributed by atoms with Crippen LogP contribution in [0.1, 0.15) is 11.6 Å². The summed E-state index contributed by atoms with van der Waals surface area (Å²) in [6.45, 7) is 0.374. The molecular weight excluding hydrogens is 350 g/mol. The summed E-state index contributed by atoms with van der Waals surface area (Å²) in [6.07, 6.45) is 0. The van der Waals surface area contributed by atoms with E-state index < -0.39 is 10.0 Å². The van der Waals surface area contributed by atoms with E-state index >= 15 is 0 Å². The van der Waals surface area contributed by atoms with E-state index in [1.165, 1.54) is 19.2 Å². The number of amides is 1. The molecule has 1 amide bonds. The van der Waals surface area contributed by atoms with Crippen molar-refractivity contribution in [2.75, 3.05) is 34.2 Å². The molecule has 0 saturated heterocycles. The molecule has 0 fully saturated rings. The number of hydrogen-bond donors (Lipinski definition) is 1. The standard InChI is InChI=1S/C19H25N3O3S/c1-21(2)14-18(16-10-6-4-7-11-16)20-19(23)15-22(3)26(24,25)17-12-8-5-9-13-17/h4-13,18H,14-15H2,1-3H3,(H,20,23). The summed E-state index contributed by atoms with van der Waals surface area (Å²) in [5, 5.41) is 2.93. The van der Waals surface area contributed by atoms with Crippen molar-refractivity contribution < 1.29 is 13.2 Å². The van der Waals surface area contributed by atoms with Crippen LogP contribution in [0.3, 0.4) is 0 Å². The highest BCUT2D eigenvalue weighted by molar-refractivity contribution is 7.89. The molecule has 2 aromatic rings. The maximum atomic E-state index is 12.5.